The highest BCUT2D eigenvalue weighted by Gasteiger charge is 2.42. The number of amides is 1. The minimum absolute atomic E-state index is 0.199. The maximum absolute atomic E-state index is 13.3. The van der Waals surface area contributed by atoms with Crippen LogP contribution in [-0.2, 0) is 4.79 Å². The molecule has 156 valence electrons. The molecule has 2 rings (SSSR count). The van der Waals surface area contributed by atoms with Crippen LogP contribution in [0.2, 0.25) is 0 Å². The molecule has 0 heterocycles. The molecule has 7 heteroatoms. The lowest BCUT2D eigenvalue weighted by Gasteiger charge is -2.31. The molecule has 1 aliphatic carbocycles. The molecular formula is C21H34FN5O. The summed E-state index contributed by atoms with van der Waals surface area (Å²) in [5.41, 5.74) is 0.548. The second-order valence-electron chi connectivity index (χ2n) is 7.79. The van der Waals surface area contributed by atoms with Gasteiger partial charge in [0.2, 0.25) is 5.91 Å². The number of carbonyl (C=O) groups excluding carboxylic acids is 1. The fourth-order valence-corrected chi connectivity index (χ4v) is 3.83. The second-order valence-corrected chi connectivity index (χ2v) is 7.79. The number of rotatable bonds is 8. The van der Waals surface area contributed by atoms with Crippen molar-refractivity contribution in [2.75, 3.05) is 52.7 Å². The van der Waals surface area contributed by atoms with Crippen LogP contribution in [-0.4, -0.2) is 64.6 Å². The molecule has 0 bridgehead atoms. The van der Waals surface area contributed by atoms with Crippen molar-refractivity contribution in [3.05, 3.63) is 30.1 Å². The van der Waals surface area contributed by atoms with Crippen molar-refractivity contribution in [2.24, 2.45) is 10.4 Å². The van der Waals surface area contributed by atoms with Gasteiger partial charge in [0.15, 0.2) is 5.96 Å². The molecule has 0 radical (unpaired) electrons. The molecule has 0 atom stereocenters. The van der Waals surface area contributed by atoms with Gasteiger partial charge >= 0.3 is 0 Å². The molecule has 1 fully saturated rings. The number of anilines is 1. The number of hydrogen-bond acceptors (Lipinski definition) is 3. The first-order valence-corrected chi connectivity index (χ1v) is 10.0. The summed E-state index contributed by atoms with van der Waals surface area (Å²) in [6, 6.07) is 6.61. The van der Waals surface area contributed by atoms with Crippen LogP contribution < -0.4 is 15.5 Å². The average molecular weight is 392 g/mol. The Hall–Kier alpha value is -2.31. The molecule has 28 heavy (non-hydrogen) atoms. The van der Waals surface area contributed by atoms with Crippen molar-refractivity contribution >= 4 is 17.6 Å². The van der Waals surface area contributed by atoms with E-state index in [9.17, 15) is 9.18 Å². The topological polar surface area (TPSA) is 60.0 Å². The van der Waals surface area contributed by atoms with E-state index >= 15 is 0 Å². The number of carbonyl (C=O) groups is 1. The van der Waals surface area contributed by atoms with E-state index in [1.54, 1.807) is 18.0 Å². The van der Waals surface area contributed by atoms with E-state index in [2.05, 4.69) is 15.6 Å². The summed E-state index contributed by atoms with van der Waals surface area (Å²) >= 11 is 0. The Morgan fingerprint density at radius 2 is 1.93 bits per heavy atom. The van der Waals surface area contributed by atoms with E-state index in [4.69, 9.17) is 0 Å². The molecule has 1 aliphatic rings. The number of nitrogens with zero attached hydrogens (tertiary/aromatic N) is 3. The molecule has 0 aliphatic heterocycles. The predicted octanol–water partition coefficient (Wildman–Crippen LogP) is 2.47. The number of benzene rings is 1. The Bertz CT molecular complexity index is 671. The average Bonchev–Trinajstić information content (AvgIpc) is 3.16. The zero-order valence-corrected chi connectivity index (χ0v) is 17.6. The fraction of sp³-hybridized carbons (Fsp3) is 0.619. The van der Waals surface area contributed by atoms with Gasteiger partial charge in [-0.1, -0.05) is 18.9 Å². The van der Waals surface area contributed by atoms with Crippen LogP contribution >= 0.6 is 0 Å². The van der Waals surface area contributed by atoms with Crippen molar-refractivity contribution in [2.45, 2.75) is 32.1 Å². The van der Waals surface area contributed by atoms with Gasteiger partial charge in [-0.15, -0.1) is 0 Å². The second kappa shape index (κ2) is 10.3. The van der Waals surface area contributed by atoms with Gasteiger partial charge in [-0.25, -0.2) is 4.39 Å². The van der Waals surface area contributed by atoms with Crippen LogP contribution in [0, 0.1) is 11.2 Å². The Labute approximate surface area is 168 Å². The maximum atomic E-state index is 13.3. The van der Waals surface area contributed by atoms with Crippen molar-refractivity contribution in [1.29, 1.82) is 0 Å². The minimum atomic E-state index is -0.321. The number of guanidine groups is 1. The highest BCUT2D eigenvalue weighted by molar-refractivity contribution is 5.85. The quantitative estimate of drug-likeness (QED) is 0.406. The third-order valence-corrected chi connectivity index (χ3v) is 5.45. The van der Waals surface area contributed by atoms with Crippen molar-refractivity contribution < 1.29 is 9.18 Å². The zero-order chi connectivity index (χ0) is 20.6. The summed E-state index contributed by atoms with van der Waals surface area (Å²) in [5, 5.41) is 6.65. The van der Waals surface area contributed by atoms with Crippen LogP contribution in [0.25, 0.3) is 0 Å². The standard InChI is InChI=1S/C21H34FN5O/c1-23-20(25-16-21(11-5-6-12-21)19(28)26(2)3)24-13-8-14-27(4)18-10-7-9-17(22)15-18/h7,9-10,15H,5-6,8,11-14,16H2,1-4H3,(H2,23,24,25). The lowest BCUT2D eigenvalue weighted by Crippen LogP contribution is -2.49. The van der Waals surface area contributed by atoms with Crippen LogP contribution in [0.3, 0.4) is 0 Å². The van der Waals surface area contributed by atoms with Gasteiger partial charge in [0.05, 0.1) is 5.41 Å². The summed E-state index contributed by atoms with van der Waals surface area (Å²) in [7, 11) is 7.34. The molecule has 2 N–H and O–H groups in total. The Morgan fingerprint density at radius 1 is 1.21 bits per heavy atom. The molecular weight excluding hydrogens is 357 g/mol. The fourth-order valence-electron chi connectivity index (χ4n) is 3.83. The van der Waals surface area contributed by atoms with Gasteiger partial charge in [-0.05, 0) is 37.5 Å². The summed E-state index contributed by atoms with van der Waals surface area (Å²) in [4.78, 5) is 20.7. The third kappa shape index (κ3) is 5.84. The first-order chi connectivity index (χ1) is 13.4. The molecule has 1 aromatic rings. The summed E-state index contributed by atoms with van der Waals surface area (Å²) in [6.07, 6.45) is 4.92. The van der Waals surface area contributed by atoms with Crippen LogP contribution in [0.5, 0.6) is 0 Å². The van der Waals surface area contributed by atoms with Crippen molar-refractivity contribution in [3.8, 4) is 0 Å². The molecule has 1 saturated carbocycles. The summed E-state index contributed by atoms with van der Waals surface area (Å²) < 4.78 is 13.3. The molecule has 0 unspecified atom stereocenters. The summed E-state index contributed by atoms with van der Waals surface area (Å²) in [5.74, 6) is 0.691. The first-order valence-electron chi connectivity index (χ1n) is 10.0. The van der Waals surface area contributed by atoms with E-state index in [1.807, 2.05) is 32.1 Å². The first kappa shape index (κ1) is 22.0. The van der Waals surface area contributed by atoms with Gasteiger partial charge in [0.25, 0.3) is 0 Å². The maximum Gasteiger partial charge on any atom is 0.230 e. The van der Waals surface area contributed by atoms with E-state index in [-0.39, 0.29) is 17.1 Å². The van der Waals surface area contributed by atoms with Gasteiger partial charge in [0.1, 0.15) is 5.82 Å². The lowest BCUT2D eigenvalue weighted by molar-refractivity contribution is -0.138. The highest BCUT2D eigenvalue weighted by atomic mass is 19.1. The van der Waals surface area contributed by atoms with Gasteiger partial charge in [-0.2, -0.15) is 0 Å². The molecule has 1 amide bonds. The third-order valence-electron chi connectivity index (χ3n) is 5.45. The smallest absolute Gasteiger partial charge is 0.230 e. The monoisotopic (exact) mass is 391 g/mol. The van der Waals surface area contributed by atoms with Gasteiger partial charge in [-0.3, -0.25) is 9.79 Å². The van der Waals surface area contributed by atoms with Crippen LogP contribution in [0.4, 0.5) is 10.1 Å². The van der Waals surface area contributed by atoms with Gasteiger partial charge in [0, 0.05) is 53.5 Å². The van der Waals surface area contributed by atoms with E-state index in [0.717, 1.165) is 50.9 Å². The normalized spacial score (nSPS) is 16.0. The Morgan fingerprint density at radius 3 is 2.54 bits per heavy atom. The van der Waals surface area contributed by atoms with E-state index < -0.39 is 0 Å². The molecule has 1 aromatic carbocycles. The molecule has 6 nitrogen and oxygen atoms in total. The Kier molecular flexibility index (Phi) is 8.08. The lowest BCUT2D eigenvalue weighted by atomic mass is 9.84. The highest BCUT2D eigenvalue weighted by Crippen LogP contribution is 2.38. The van der Waals surface area contributed by atoms with Crippen molar-refractivity contribution in [1.82, 2.24) is 15.5 Å². The number of hydrogen-bond donors (Lipinski definition) is 2. The van der Waals surface area contributed by atoms with E-state index in [1.165, 1.54) is 12.1 Å². The Balaban J connectivity index is 1.77. The number of halogens is 1. The minimum Gasteiger partial charge on any atom is -0.374 e. The molecule has 0 spiro atoms. The van der Waals surface area contributed by atoms with Crippen molar-refractivity contribution in [3.63, 3.8) is 0 Å². The van der Waals surface area contributed by atoms with Gasteiger partial charge < -0.3 is 20.4 Å². The molecule has 0 saturated heterocycles. The molecule has 0 aromatic heterocycles. The van der Waals surface area contributed by atoms with Crippen LogP contribution in [0.1, 0.15) is 32.1 Å². The largest absolute Gasteiger partial charge is 0.374 e. The number of aliphatic imine (C=N–C) groups is 1. The zero-order valence-electron chi connectivity index (χ0n) is 17.6. The van der Waals surface area contributed by atoms with E-state index in [0.29, 0.717) is 12.5 Å². The number of nitrogens with one attached hydrogen (secondary N) is 2. The summed E-state index contributed by atoms with van der Waals surface area (Å²) in [6.45, 7) is 2.15. The SMILES string of the molecule is CN=C(NCCCN(C)c1cccc(F)c1)NCC1(C(=O)N(C)C)CCCC1. The van der Waals surface area contributed by atoms with Crippen LogP contribution in [0.15, 0.2) is 29.3 Å². The predicted molar refractivity (Wildman–Crippen MR) is 113 cm³/mol.